The van der Waals surface area contributed by atoms with Crippen molar-refractivity contribution in [3.8, 4) is 0 Å². The van der Waals surface area contributed by atoms with Crippen LogP contribution in [-0.4, -0.2) is 17.0 Å². The number of hydrogen-bond donors (Lipinski definition) is 1. The number of rotatable bonds is 0. The summed E-state index contributed by atoms with van der Waals surface area (Å²) in [6.45, 7) is 7.31. The van der Waals surface area contributed by atoms with Crippen LogP contribution in [0.4, 0.5) is 0 Å². The van der Waals surface area contributed by atoms with E-state index < -0.39 is 0 Å². The fraction of sp³-hybridized carbons (Fsp3) is 0.950. The molecule has 0 heterocycles. The average Bonchev–Trinajstić information content (AvgIpc) is 2.75. The van der Waals surface area contributed by atoms with Gasteiger partial charge in [-0.05, 0) is 78.9 Å². The van der Waals surface area contributed by atoms with E-state index in [9.17, 15) is 9.90 Å². The Hall–Kier alpha value is -0.370. The van der Waals surface area contributed by atoms with Gasteiger partial charge in [-0.15, -0.1) is 0 Å². The van der Waals surface area contributed by atoms with Gasteiger partial charge in [0.05, 0.1) is 6.10 Å². The van der Waals surface area contributed by atoms with Crippen molar-refractivity contribution < 1.29 is 9.90 Å². The van der Waals surface area contributed by atoms with Crippen molar-refractivity contribution in [2.75, 3.05) is 0 Å². The van der Waals surface area contributed by atoms with Crippen molar-refractivity contribution >= 4 is 5.78 Å². The molecule has 4 rings (SSSR count). The van der Waals surface area contributed by atoms with Gasteiger partial charge >= 0.3 is 0 Å². The summed E-state index contributed by atoms with van der Waals surface area (Å²) in [5.74, 6) is 4.13. The smallest absolute Gasteiger partial charge is 0.133 e. The topological polar surface area (TPSA) is 37.3 Å². The number of Topliss-reactive ketones (excluding diaryl/α,β-unsaturated/α-hetero) is 1. The van der Waals surface area contributed by atoms with Crippen LogP contribution in [-0.2, 0) is 4.79 Å². The highest BCUT2D eigenvalue weighted by Gasteiger charge is 2.62. The molecule has 0 saturated heterocycles. The zero-order valence-corrected chi connectivity index (χ0v) is 14.5. The highest BCUT2D eigenvalue weighted by atomic mass is 16.3. The van der Waals surface area contributed by atoms with Crippen LogP contribution in [0, 0.1) is 40.4 Å². The van der Waals surface area contributed by atoms with E-state index in [1.807, 2.05) is 0 Å². The van der Waals surface area contributed by atoms with Crippen LogP contribution in [0.1, 0.15) is 72.1 Å². The van der Waals surface area contributed by atoms with Gasteiger partial charge in [0.15, 0.2) is 0 Å². The second kappa shape index (κ2) is 4.82. The lowest BCUT2D eigenvalue weighted by atomic mass is 9.43. The molecule has 4 aliphatic rings. The Morgan fingerprint density at radius 1 is 1.09 bits per heavy atom. The summed E-state index contributed by atoms with van der Waals surface area (Å²) in [5, 5.41) is 10.6. The molecule has 7 unspecified atom stereocenters. The second-order valence-electron chi connectivity index (χ2n) is 9.60. The van der Waals surface area contributed by atoms with Crippen molar-refractivity contribution in [2.45, 2.75) is 78.2 Å². The molecule has 124 valence electrons. The Morgan fingerprint density at radius 3 is 2.64 bits per heavy atom. The molecule has 1 N–H and O–H groups in total. The number of carbonyl (C=O) groups excluding carboxylic acids is 1. The number of carbonyl (C=O) groups is 1. The normalized spacial score (nSPS) is 57.9. The Balaban J connectivity index is 1.69. The van der Waals surface area contributed by atoms with Crippen molar-refractivity contribution in [3.05, 3.63) is 0 Å². The van der Waals surface area contributed by atoms with Gasteiger partial charge < -0.3 is 5.11 Å². The van der Waals surface area contributed by atoms with Crippen LogP contribution in [0.25, 0.3) is 0 Å². The van der Waals surface area contributed by atoms with E-state index in [1.54, 1.807) is 0 Å². The largest absolute Gasteiger partial charge is 0.393 e. The van der Waals surface area contributed by atoms with Gasteiger partial charge in [-0.25, -0.2) is 0 Å². The molecule has 0 aromatic heterocycles. The Labute approximate surface area is 135 Å². The van der Waals surface area contributed by atoms with E-state index in [-0.39, 0.29) is 11.5 Å². The molecule has 4 saturated carbocycles. The maximum Gasteiger partial charge on any atom is 0.133 e. The first kappa shape index (κ1) is 15.2. The van der Waals surface area contributed by atoms with Gasteiger partial charge in [0.25, 0.3) is 0 Å². The zero-order chi connectivity index (χ0) is 15.7. The van der Waals surface area contributed by atoms with Crippen LogP contribution in [0.2, 0.25) is 0 Å². The summed E-state index contributed by atoms with van der Waals surface area (Å²) in [4.78, 5) is 11.9. The first-order valence-electron chi connectivity index (χ1n) is 9.56. The summed E-state index contributed by atoms with van der Waals surface area (Å²) in [6, 6.07) is 0. The molecule has 4 aliphatic carbocycles. The average molecular weight is 304 g/mol. The van der Waals surface area contributed by atoms with Crippen molar-refractivity contribution in [3.63, 3.8) is 0 Å². The Kier molecular flexibility index (Phi) is 3.32. The van der Waals surface area contributed by atoms with Gasteiger partial charge in [-0.1, -0.05) is 20.8 Å². The second-order valence-corrected chi connectivity index (χ2v) is 9.60. The highest BCUT2D eigenvalue weighted by Crippen LogP contribution is 2.67. The zero-order valence-electron chi connectivity index (χ0n) is 14.5. The standard InChI is InChI=1S/C20H32O2/c1-12-11-20(3)16(6-7-17(20)22)15-5-4-13-10-14(21)8-9-19(13,2)18(12)15/h12-13,15-18,22H,4-11H2,1-3H3/t12?,13?,15?,16?,17?,18?,19-,20?/m0/s1. The number of hydrogen-bond acceptors (Lipinski definition) is 2. The van der Waals surface area contributed by atoms with Crippen molar-refractivity contribution in [1.29, 1.82) is 0 Å². The first-order chi connectivity index (χ1) is 10.4. The van der Waals surface area contributed by atoms with Crippen LogP contribution >= 0.6 is 0 Å². The van der Waals surface area contributed by atoms with Gasteiger partial charge in [-0.3, -0.25) is 4.79 Å². The van der Waals surface area contributed by atoms with Crippen LogP contribution < -0.4 is 0 Å². The molecule has 2 nitrogen and oxygen atoms in total. The lowest BCUT2D eigenvalue weighted by molar-refractivity contribution is -0.155. The molecule has 0 aromatic carbocycles. The molecule has 2 heteroatoms. The Bertz CT molecular complexity index is 486. The SMILES string of the molecule is CC1CC2(C)C(O)CCC2C2CCC3CC(=O)CC[C@]3(C)C12. The molecule has 0 spiro atoms. The number of fused-ring (bicyclic) bond motifs is 5. The lowest BCUT2D eigenvalue weighted by Crippen LogP contribution is -2.57. The molecule has 0 radical (unpaired) electrons. The summed E-state index contributed by atoms with van der Waals surface area (Å²) >= 11 is 0. The molecule has 0 bridgehead atoms. The third kappa shape index (κ3) is 1.85. The van der Waals surface area contributed by atoms with E-state index in [4.69, 9.17) is 0 Å². The Morgan fingerprint density at radius 2 is 1.86 bits per heavy atom. The maximum atomic E-state index is 11.9. The minimum absolute atomic E-state index is 0.0839. The van der Waals surface area contributed by atoms with Gasteiger partial charge in [-0.2, -0.15) is 0 Å². The summed E-state index contributed by atoms with van der Waals surface area (Å²) in [5.41, 5.74) is 0.541. The van der Waals surface area contributed by atoms with Crippen LogP contribution in [0.5, 0.6) is 0 Å². The van der Waals surface area contributed by atoms with Crippen molar-refractivity contribution in [1.82, 2.24) is 0 Å². The van der Waals surface area contributed by atoms with E-state index in [2.05, 4.69) is 20.8 Å². The van der Waals surface area contributed by atoms with E-state index in [1.165, 1.54) is 25.7 Å². The number of ketones is 1. The quantitative estimate of drug-likeness (QED) is 0.728. The van der Waals surface area contributed by atoms with E-state index in [0.29, 0.717) is 23.0 Å². The third-order valence-corrected chi connectivity index (χ3v) is 8.67. The fourth-order valence-corrected chi connectivity index (χ4v) is 7.73. The molecule has 22 heavy (non-hydrogen) atoms. The minimum Gasteiger partial charge on any atom is -0.393 e. The fourth-order valence-electron chi connectivity index (χ4n) is 7.73. The molecule has 0 aliphatic heterocycles. The van der Waals surface area contributed by atoms with E-state index in [0.717, 1.165) is 43.4 Å². The monoisotopic (exact) mass is 304 g/mol. The summed E-state index contributed by atoms with van der Waals surface area (Å²) < 4.78 is 0. The molecule has 0 aromatic rings. The maximum absolute atomic E-state index is 11.9. The molecule has 8 atom stereocenters. The summed E-state index contributed by atoms with van der Waals surface area (Å²) in [7, 11) is 0. The van der Waals surface area contributed by atoms with Crippen LogP contribution in [0.3, 0.4) is 0 Å². The highest BCUT2D eigenvalue weighted by molar-refractivity contribution is 5.79. The molecular formula is C20H32O2. The number of aliphatic hydroxyl groups is 1. The van der Waals surface area contributed by atoms with Gasteiger partial charge in [0.1, 0.15) is 5.78 Å². The minimum atomic E-state index is -0.0839. The van der Waals surface area contributed by atoms with Crippen molar-refractivity contribution in [2.24, 2.45) is 40.4 Å². The van der Waals surface area contributed by atoms with Gasteiger partial charge in [0, 0.05) is 12.8 Å². The predicted octanol–water partition coefficient (Wildman–Crippen LogP) is 4.21. The van der Waals surface area contributed by atoms with Crippen LogP contribution in [0.15, 0.2) is 0 Å². The molecule has 0 amide bonds. The molecular weight excluding hydrogens is 272 g/mol. The first-order valence-corrected chi connectivity index (χ1v) is 9.56. The lowest BCUT2D eigenvalue weighted by Gasteiger charge is -2.62. The molecule has 4 fully saturated rings. The summed E-state index contributed by atoms with van der Waals surface area (Å²) in [6.07, 6.45) is 8.67. The number of aliphatic hydroxyl groups excluding tert-OH is 1. The van der Waals surface area contributed by atoms with E-state index >= 15 is 0 Å². The predicted molar refractivity (Wildman–Crippen MR) is 87.3 cm³/mol. The third-order valence-electron chi connectivity index (χ3n) is 8.67. The van der Waals surface area contributed by atoms with Gasteiger partial charge in [0.2, 0.25) is 0 Å².